The second-order valence-electron chi connectivity index (χ2n) is 8.34. The molecule has 0 spiro atoms. The van der Waals surface area contributed by atoms with E-state index in [1.165, 1.54) is 0 Å². The molecule has 0 radical (unpaired) electrons. The van der Waals surface area contributed by atoms with Crippen LogP contribution < -0.4 is 24.4 Å². The first kappa shape index (κ1) is 22.5. The molecular weight excluding hydrogens is 446 g/mol. The lowest BCUT2D eigenvalue weighted by Gasteiger charge is -2.35. The number of fused-ring (bicyclic) bond motifs is 1. The summed E-state index contributed by atoms with van der Waals surface area (Å²) in [7, 11) is 5.29. The molecular formula is C25H29N7O3. The van der Waals surface area contributed by atoms with E-state index in [2.05, 4.69) is 38.2 Å². The minimum Gasteiger partial charge on any atom is -0.497 e. The number of aryl methyl sites for hydroxylation is 2. The van der Waals surface area contributed by atoms with Gasteiger partial charge in [0.2, 0.25) is 5.95 Å². The van der Waals surface area contributed by atoms with Crippen LogP contribution in [0.5, 0.6) is 17.2 Å². The van der Waals surface area contributed by atoms with Gasteiger partial charge in [-0.25, -0.2) is 15.0 Å². The topological polar surface area (TPSA) is 99.5 Å². The van der Waals surface area contributed by atoms with Gasteiger partial charge < -0.3 is 24.4 Å². The van der Waals surface area contributed by atoms with Crippen LogP contribution in [0.4, 0.5) is 17.5 Å². The van der Waals surface area contributed by atoms with Crippen LogP contribution in [0.15, 0.2) is 49.2 Å². The third-order valence-electron chi connectivity index (χ3n) is 6.04. The van der Waals surface area contributed by atoms with Crippen LogP contribution >= 0.6 is 0 Å². The Bertz CT molecular complexity index is 1380. The summed E-state index contributed by atoms with van der Waals surface area (Å²) >= 11 is 0. The maximum atomic E-state index is 6.01. The third-order valence-corrected chi connectivity index (χ3v) is 6.04. The smallest absolute Gasteiger partial charge is 0.229 e. The van der Waals surface area contributed by atoms with Gasteiger partial charge in [-0.15, -0.1) is 0 Å². The number of methoxy groups -OCH3 is 2. The normalized spacial score (nSPS) is 14.8. The molecule has 182 valence electrons. The van der Waals surface area contributed by atoms with Gasteiger partial charge in [0.25, 0.3) is 0 Å². The number of benzene rings is 1. The summed E-state index contributed by atoms with van der Waals surface area (Å²) in [6.45, 7) is 4.50. The van der Waals surface area contributed by atoms with Gasteiger partial charge in [0.1, 0.15) is 18.7 Å². The number of ether oxygens (including phenoxy) is 3. The number of nitrogens with zero attached hydrogens (tertiary/aromatic N) is 6. The third kappa shape index (κ3) is 4.30. The molecule has 4 heterocycles. The molecule has 10 heteroatoms. The summed E-state index contributed by atoms with van der Waals surface area (Å²) < 4.78 is 18.7. The van der Waals surface area contributed by atoms with Gasteiger partial charge in [0, 0.05) is 20.7 Å². The zero-order chi connectivity index (χ0) is 24.5. The van der Waals surface area contributed by atoms with E-state index < -0.39 is 0 Å². The molecule has 0 saturated heterocycles. The van der Waals surface area contributed by atoms with E-state index in [9.17, 15) is 0 Å². The number of rotatable bonds is 6. The summed E-state index contributed by atoms with van der Waals surface area (Å²) in [4.78, 5) is 20.1. The molecule has 5 rings (SSSR count). The molecule has 4 aromatic rings. The molecule has 1 aliphatic rings. The average Bonchev–Trinajstić information content (AvgIpc) is 3.30. The Kier molecular flexibility index (Phi) is 5.86. The van der Waals surface area contributed by atoms with Crippen molar-refractivity contribution < 1.29 is 15.6 Å². The first-order valence-electron chi connectivity index (χ1n) is 11.2. The van der Waals surface area contributed by atoms with Gasteiger partial charge in [-0.1, -0.05) is 6.07 Å². The Labute approximate surface area is 205 Å². The quantitative estimate of drug-likeness (QED) is 0.439. The zero-order valence-corrected chi connectivity index (χ0v) is 20.3. The largest absolute Gasteiger partial charge is 0.497 e. The highest BCUT2D eigenvalue weighted by Gasteiger charge is 2.29. The van der Waals surface area contributed by atoms with E-state index in [0.29, 0.717) is 41.4 Å². The standard InChI is InChI=1S/C25H27N7O3.H2/c1-15-8-18(33-4)6-7-19(15)20-13-35-22-11-27-25(30-24(22)31(20)3)29-17-9-21(34-5)23(26-10-17)32-12-16(2)28-14-32;/h6-12,14,20H,13H2,1-5H3,(H,27,29,30);1H. The van der Waals surface area contributed by atoms with Crippen molar-refractivity contribution in [2.75, 3.05) is 38.1 Å². The van der Waals surface area contributed by atoms with Gasteiger partial charge >= 0.3 is 0 Å². The predicted octanol–water partition coefficient (Wildman–Crippen LogP) is 4.25. The molecule has 1 N–H and O–H groups in total. The van der Waals surface area contributed by atoms with Crippen molar-refractivity contribution in [2.24, 2.45) is 0 Å². The van der Waals surface area contributed by atoms with Crippen LogP contribution in [0.1, 0.15) is 24.3 Å². The average molecular weight is 476 g/mol. The Morgan fingerprint density at radius 1 is 1.06 bits per heavy atom. The van der Waals surface area contributed by atoms with Crippen molar-refractivity contribution in [3.05, 3.63) is 66.0 Å². The summed E-state index contributed by atoms with van der Waals surface area (Å²) in [6, 6.07) is 7.93. The summed E-state index contributed by atoms with van der Waals surface area (Å²) in [5, 5.41) is 3.23. The lowest BCUT2D eigenvalue weighted by Crippen LogP contribution is -2.34. The van der Waals surface area contributed by atoms with Crippen LogP contribution in [0.2, 0.25) is 0 Å². The van der Waals surface area contributed by atoms with E-state index >= 15 is 0 Å². The fourth-order valence-corrected chi connectivity index (χ4v) is 4.17. The molecule has 35 heavy (non-hydrogen) atoms. The van der Waals surface area contributed by atoms with Crippen molar-refractivity contribution >= 4 is 17.5 Å². The van der Waals surface area contributed by atoms with E-state index in [0.717, 1.165) is 22.6 Å². The number of nitrogens with one attached hydrogen (secondary N) is 1. The number of anilines is 3. The highest BCUT2D eigenvalue weighted by molar-refractivity contribution is 5.62. The summed E-state index contributed by atoms with van der Waals surface area (Å²) in [5.74, 6) is 3.86. The number of pyridine rings is 1. The zero-order valence-electron chi connectivity index (χ0n) is 20.3. The maximum Gasteiger partial charge on any atom is 0.229 e. The number of likely N-dealkylation sites (N-methyl/N-ethyl adjacent to an activating group) is 1. The molecule has 0 amide bonds. The number of aromatic nitrogens is 5. The first-order valence-corrected chi connectivity index (χ1v) is 11.2. The van der Waals surface area contributed by atoms with Crippen LogP contribution in [0, 0.1) is 13.8 Å². The molecule has 10 nitrogen and oxygen atoms in total. The minimum atomic E-state index is 0. The van der Waals surface area contributed by atoms with Crippen molar-refractivity contribution in [1.82, 2.24) is 24.5 Å². The molecule has 0 aliphatic carbocycles. The molecule has 1 aromatic carbocycles. The van der Waals surface area contributed by atoms with Gasteiger partial charge in [-0.3, -0.25) is 4.57 Å². The van der Waals surface area contributed by atoms with Gasteiger partial charge in [0.15, 0.2) is 23.1 Å². The molecule has 0 bridgehead atoms. The first-order chi connectivity index (χ1) is 17.0. The van der Waals surface area contributed by atoms with E-state index in [1.54, 1.807) is 32.9 Å². The molecule has 3 aromatic heterocycles. The van der Waals surface area contributed by atoms with Gasteiger partial charge in [-0.05, 0) is 37.1 Å². The lowest BCUT2D eigenvalue weighted by atomic mass is 9.99. The van der Waals surface area contributed by atoms with Crippen molar-refractivity contribution in [3.63, 3.8) is 0 Å². The SMILES string of the molecule is COc1ccc(C2COc3cnc(Nc4cnc(-n5cnc(C)c5)c(OC)c4)nc3N2C)c(C)c1.[HH]. The summed E-state index contributed by atoms with van der Waals surface area (Å²) in [6.07, 6.45) is 6.99. The van der Waals surface area contributed by atoms with E-state index in [4.69, 9.17) is 19.2 Å². The Hall–Kier alpha value is -4.34. The number of imidazole rings is 1. The van der Waals surface area contributed by atoms with Crippen LogP contribution in [-0.4, -0.2) is 52.4 Å². The number of hydrogen-bond acceptors (Lipinski definition) is 9. The predicted molar refractivity (Wildman–Crippen MR) is 134 cm³/mol. The van der Waals surface area contributed by atoms with Crippen LogP contribution in [-0.2, 0) is 0 Å². The molecule has 0 fully saturated rings. The fourth-order valence-electron chi connectivity index (χ4n) is 4.17. The van der Waals surface area contributed by atoms with E-state index in [1.807, 2.05) is 42.9 Å². The van der Waals surface area contributed by atoms with Gasteiger partial charge in [-0.2, -0.15) is 4.98 Å². The fraction of sp³-hybridized carbons (Fsp3) is 0.280. The molecule has 1 atom stereocenters. The second-order valence-corrected chi connectivity index (χ2v) is 8.34. The highest BCUT2D eigenvalue weighted by atomic mass is 16.5. The molecule has 0 saturated carbocycles. The Morgan fingerprint density at radius 3 is 2.63 bits per heavy atom. The Morgan fingerprint density at radius 2 is 1.91 bits per heavy atom. The van der Waals surface area contributed by atoms with Gasteiger partial charge in [0.05, 0.1) is 44.0 Å². The maximum absolute atomic E-state index is 6.01. The van der Waals surface area contributed by atoms with Crippen molar-refractivity contribution in [1.29, 1.82) is 0 Å². The molecule has 1 aliphatic heterocycles. The Balaban J connectivity index is 0.00000304. The number of hydrogen-bond donors (Lipinski definition) is 1. The van der Waals surface area contributed by atoms with Crippen LogP contribution in [0.25, 0.3) is 5.82 Å². The van der Waals surface area contributed by atoms with Crippen LogP contribution in [0.3, 0.4) is 0 Å². The second kappa shape index (κ2) is 9.13. The minimum absolute atomic E-state index is 0. The van der Waals surface area contributed by atoms with Crippen molar-refractivity contribution in [3.8, 4) is 23.1 Å². The van der Waals surface area contributed by atoms with Crippen molar-refractivity contribution in [2.45, 2.75) is 19.9 Å². The molecule has 1 unspecified atom stereocenters. The lowest BCUT2D eigenvalue weighted by molar-refractivity contribution is 0.264. The monoisotopic (exact) mass is 475 g/mol. The van der Waals surface area contributed by atoms with E-state index in [-0.39, 0.29) is 7.47 Å². The summed E-state index contributed by atoms with van der Waals surface area (Å²) in [5.41, 5.74) is 3.88. The highest BCUT2D eigenvalue weighted by Crippen LogP contribution is 2.38.